The Morgan fingerprint density at radius 3 is 2.40 bits per heavy atom. The van der Waals surface area contributed by atoms with Gasteiger partial charge >= 0.3 is 5.97 Å². The number of esters is 1. The Bertz CT molecular complexity index is 360. The minimum absolute atomic E-state index is 0.377. The number of hydrogen-bond acceptors (Lipinski definition) is 6. The molecule has 0 fully saturated rings. The molecule has 1 aromatic rings. The van der Waals surface area contributed by atoms with Crippen LogP contribution in [0.4, 0.5) is 11.6 Å². The predicted molar refractivity (Wildman–Crippen MR) is 57.9 cm³/mol. The van der Waals surface area contributed by atoms with E-state index in [4.69, 9.17) is 4.74 Å². The van der Waals surface area contributed by atoms with Crippen molar-refractivity contribution in [2.45, 2.75) is 6.92 Å². The average Bonchev–Trinajstić information content (AvgIpc) is 2.54. The molecule has 0 aliphatic carbocycles. The van der Waals surface area contributed by atoms with Gasteiger partial charge in [0.1, 0.15) is 0 Å². The third-order valence-electron chi connectivity index (χ3n) is 1.77. The van der Waals surface area contributed by atoms with Crippen LogP contribution in [0.25, 0.3) is 0 Å². The summed E-state index contributed by atoms with van der Waals surface area (Å²) in [5.41, 5.74) is 2.83. The lowest BCUT2D eigenvalue weighted by Gasteiger charge is -2.06. The van der Waals surface area contributed by atoms with Crippen molar-refractivity contribution < 1.29 is 9.53 Å². The van der Waals surface area contributed by atoms with Gasteiger partial charge in [0.25, 0.3) is 0 Å². The van der Waals surface area contributed by atoms with Crippen LogP contribution < -0.4 is 20.8 Å². The molecule has 0 radical (unpaired) electrons. The number of aromatic nitrogens is 2. The molecule has 3 N–H and O–H groups in total. The molecule has 0 aliphatic heterocycles. The summed E-state index contributed by atoms with van der Waals surface area (Å²) in [7, 11) is 5.14. The number of carbonyl (C=O) groups is 1. The number of anilines is 2. The van der Waals surface area contributed by atoms with Gasteiger partial charge < -0.3 is 20.8 Å². The molecule has 0 aromatic carbocycles. The first-order valence-electron chi connectivity index (χ1n) is 4.48. The van der Waals surface area contributed by atoms with Crippen LogP contribution >= 0.6 is 0 Å². The van der Waals surface area contributed by atoms with Crippen LogP contribution in [0.2, 0.25) is 0 Å². The average molecular weight is 213 g/mol. The minimum Gasteiger partial charge on any atom is -0.419 e. The van der Waals surface area contributed by atoms with Gasteiger partial charge in [-0.1, -0.05) is 0 Å². The van der Waals surface area contributed by atoms with Gasteiger partial charge in [-0.2, -0.15) is 4.79 Å². The van der Waals surface area contributed by atoms with Gasteiger partial charge in [0.05, 0.1) is 0 Å². The topological polar surface area (TPSA) is 80.2 Å². The van der Waals surface area contributed by atoms with E-state index in [-0.39, 0.29) is 0 Å². The van der Waals surface area contributed by atoms with E-state index in [1.165, 1.54) is 11.7 Å². The van der Waals surface area contributed by atoms with Crippen LogP contribution in [0.1, 0.15) is 6.92 Å². The summed E-state index contributed by atoms with van der Waals surface area (Å²) in [4.78, 5) is 12.4. The molecular formula is C8H15N5O2. The first-order valence-corrected chi connectivity index (χ1v) is 4.48. The van der Waals surface area contributed by atoms with E-state index in [2.05, 4.69) is 21.2 Å². The van der Waals surface area contributed by atoms with Gasteiger partial charge in [-0.25, -0.2) is 0 Å². The highest BCUT2D eigenvalue weighted by atomic mass is 16.5. The van der Waals surface area contributed by atoms with Crippen LogP contribution in [0.5, 0.6) is 5.75 Å². The number of ether oxygens (including phenoxy) is 1. The molecule has 1 heterocycles. The van der Waals surface area contributed by atoms with E-state index in [1.54, 1.807) is 21.1 Å². The van der Waals surface area contributed by atoms with Crippen molar-refractivity contribution in [2.24, 2.45) is 0 Å². The van der Waals surface area contributed by atoms with Crippen molar-refractivity contribution in [1.82, 2.24) is 9.89 Å². The summed E-state index contributed by atoms with van der Waals surface area (Å²) >= 11 is 0. The molecule has 0 unspecified atom stereocenters. The van der Waals surface area contributed by atoms with Gasteiger partial charge in [-0.3, -0.25) is 4.79 Å². The van der Waals surface area contributed by atoms with Crippen LogP contribution in [0, 0.1) is 0 Å². The fourth-order valence-corrected chi connectivity index (χ4v) is 1.19. The van der Waals surface area contributed by atoms with Gasteiger partial charge in [0, 0.05) is 28.1 Å². The molecule has 1 rings (SSSR count). The summed E-state index contributed by atoms with van der Waals surface area (Å²) < 4.78 is 5.05. The molecule has 0 amide bonds. The minimum atomic E-state index is -0.390. The maximum Gasteiger partial charge on any atom is 0.308 e. The molecule has 7 nitrogen and oxygen atoms in total. The Kier molecular flexibility index (Phi) is 3.37. The highest BCUT2D eigenvalue weighted by Gasteiger charge is 2.18. The Morgan fingerprint density at radius 1 is 1.33 bits per heavy atom. The van der Waals surface area contributed by atoms with Crippen molar-refractivity contribution in [3.63, 3.8) is 0 Å². The summed E-state index contributed by atoms with van der Waals surface area (Å²) in [6, 6.07) is 0. The van der Waals surface area contributed by atoms with Crippen LogP contribution in [0.15, 0.2) is 0 Å². The first kappa shape index (κ1) is 11.2. The molecule has 0 saturated carbocycles. The molecular weight excluding hydrogens is 198 g/mol. The monoisotopic (exact) mass is 213 g/mol. The molecule has 0 saturated heterocycles. The Balaban J connectivity index is 3.17. The third-order valence-corrected chi connectivity index (χ3v) is 1.77. The lowest BCUT2D eigenvalue weighted by atomic mass is 10.5. The van der Waals surface area contributed by atoms with E-state index in [0.29, 0.717) is 17.4 Å². The smallest absolute Gasteiger partial charge is 0.308 e. The maximum atomic E-state index is 10.9. The molecule has 15 heavy (non-hydrogen) atoms. The van der Waals surface area contributed by atoms with E-state index in [9.17, 15) is 4.79 Å². The number of nitrogens with one attached hydrogen (secondary N) is 3. The van der Waals surface area contributed by atoms with E-state index in [1.807, 2.05) is 0 Å². The van der Waals surface area contributed by atoms with Crippen molar-refractivity contribution in [2.75, 3.05) is 37.2 Å². The number of rotatable bonds is 4. The predicted octanol–water partition coefficient (Wildman–Crippen LogP) is 0.0651. The van der Waals surface area contributed by atoms with Gasteiger partial charge in [0.15, 0.2) is 11.6 Å². The second-order valence-corrected chi connectivity index (χ2v) is 2.76. The fraction of sp³-hybridized carbons (Fsp3) is 0.500. The Labute approximate surface area is 87.8 Å². The van der Waals surface area contributed by atoms with Crippen LogP contribution in [0.3, 0.4) is 0 Å². The zero-order valence-corrected chi connectivity index (χ0v) is 9.21. The molecule has 0 aliphatic rings. The van der Waals surface area contributed by atoms with E-state index >= 15 is 0 Å². The van der Waals surface area contributed by atoms with Gasteiger partial charge in [-0.05, 0) is 0 Å². The number of hydrogen-bond donors (Lipinski definition) is 3. The summed E-state index contributed by atoms with van der Waals surface area (Å²) in [6.07, 6.45) is 0. The summed E-state index contributed by atoms with van der Waals surface area (Å²) in [6.45, 7) is 1.34. The lowest BCUT2D eigenvalue weighted by Crippen LogP contribution is -2.14. The molecule has 0 atom stereocenters. The van der Waals surface area contributed by atoms with Crippen molar-refractivity contribution >= 4 is 17.6 Å². The SMILES string of the molecule is CNc1nn(NC)c(NC)c1OC(C)=O. The first-order chi connectivity index (χ1) is 7.13. The number of carbonyl (C=O) groups excluding carboxylic acids is 1. The van der Waals surface area contributed by atoms with Crippen LogP contribution in [-0.2, 0) is 4.79 Å². The normalized spacial score (nSPS) is 9.60. The van der Waals surface area contributed by atoms with E-state index < -0.39 is 5.97 Å². The fourth-order valence-electron chi connectivity index (χ4n) is 1.19. The summed E-state index contributed by atoms with van der Waals surface area (Å²) in [5, 5.41) is 9.86. The quantitative estimate of drug-likeness (QED) is 0.614. The maximum absolute atomic E-state index is 10.9. The van der Waals surface area contributed by atoms with Crippen molar-refractivity contribution in [3.05, 3.63) is 0 Å². The van der Waals surface area contributed by atoms with E-state index in [0.717, 1.165) is 0 Å². The number of nitrogens with zero attached hydrogens (tertiary/aromatic N) is 2. The highest BCUT2D eigenvalue weighted by molar-refractivity contribution is 5.76. The zero-order valence-electron chi connectivity index (χ0n) is 9.21. The third kappa shape index (κ3) is 2.12. The standard InChI is InChI=1S/C8H15N5O2/c1-5(14)15-6-7(9-2)12-13(11-4)8(6)10-3/h10-11H,1-4H3,(H,9,12). The summed E-state index contributed by atoms with van der Waals surface area (Å²) in [5.74, 6) is 1.06. The molecule has 7 heteroatoms. The zero-order chi connectivity index (χ0) is 11.4. The Morgan fingerprint density at radius 2 is 2.00 bits per heavy atom. The van der Waals surface area contributed by atoms with Crippen molar-refractivity contribution in [1.29, 1.82) is 0 Å². The molecule has 84 valence electrons. The largest absolute Gasteiger partial charge is 0.419 e. The van der Waals surface area contributed by atoms with Crippen molar-refractivity contribution in [3.8, 4) is 5.75 Å². The lowest BCUT2D eigenvalue weighted by molar-refractivity contribution is -0.131. The second kappa shape index (κ2) is 4.54. The second-order valence-electron chi connectivity index (χ2n) is 2.76. The molecule has 1 aromatic heterocycles. The Hall–Kier alpha value is -1.92. The van der Waals surface area contributed by atoms with Gasteiger partial charge in [0.2, 0.25) is 5.75 Å². The van der Waals surface area contributed by atoms with Gasteiger partial charge in [-0.15, -0.1) is 5.10 Å². The molecule has 0 spiro atoms. The van der Waals surface area contributed by atoms with Crippen LogP contribution in [-0.4, -0.2) is 37.0 Å². The highest BCUT2D eigenvalue weighted by Crippen LogP contribution is 2.31. The molecule has 0 bridgehead atoms.